The van der Waals surface area contributed by atoms with Crippen molar-refractivity contribution < 1.29 is 14.3 Å². The molecule has 1 aromatic carbocycles. The van der Waals surface area contributed by atoms with Crippen LogP contribution in [0.15, 0.2) is 18.2 Å². The van der Waals surface area contributed by atoms with Gasteiger partial charge in [-0.1, -0.05) is 12.8 Å². The molecule has 2 aromatic rings. The van der Waals surface area contributed by atoms with E-state index in [0.29, 0.717) is 11.5 Å². The molecule has 156 valence electrons. The van der Waals surface area contributed by atoms with Gasteiger partial charge in [-0.05, 0) is 38.0 Å². The Bertz CT molecular complexity index is 868. The Balaban J connectivity index is 1.47. The van der Waals surface area contributed by atoms with E-state index in [9.17, 15) is 4.79 Å². The average molecular weight is 416 g/mol. The number of piperazine rings is 1. The molecule has 1 amide bonds. The number of carbonyl (C=O) groups is 1. The highest BCUT2D eigenvalue weighted by Gasteiger charge is 2.29. The molecule has 0 bridgehead atoms. The van der Waals surface area contributed by atoms with E-state index in [1.807, 2.05) is 30.0 Å². The van der Waals surface area contributed by atoms with Crippen LogP contribution in [0.3, 0.4) is 0 Å². The SMILES string of the molecule is COc1ccc(-c2nc(C)c(C(=O)N3CCN(C4CCCC4)CC3)s2)cc1OC. The first-order valence-electron chi connectivity index (χ1n) is 10.3. The van der Waals surface area contributed by atoms with Gasteiger partial charge in [-0.2, -0.15) is 0 Å². The molecule has 0 unspecified atom stereocenters. The van der Waals surface area contributed by atoms with Crippen LogP contribution in [0.1, 0.15) is 41.0 Å². The first-order chi connectivity index (χ1) is 14.1. The van der Waals surface area contributed by atoms with Crippen LogP contribution in [0.2, 0.25) is 0 Å². The highest BCUT2D eigenvalue weighted by atomic mass is 32.1. The van der Waals surface area contributed by atoms with Crippen molar-refractivity contribution in [1.82, 2.24) is 14.8 Å². The third kappa shape index (κ3) is 4.12. The van der Waals surface area contributed by atoms with E-state index < -0.39 is 0 Å². The summed E-state index contributed by atoms with van der Waals surface area (Å²) >= 11 is 1.46. The minimum Gasteiger partial charge on any atom is -0.493 e. The Hall–Kier alpha value is -2.12. The maximum absolute atomic E-state index is 13.1. The number of rotatable bonds is 5. The maximum Gasteiger partial charge on any atom is 0.265 e. The molecule has 6 nitrogen and oxygen atoms in total. The molecule has 1 aromatic heterocycles. The fourth-order valence-electron chi connectivity index (χ4n) is 4.39. The molecule has 1 aliphatic carbocycles. The van der Waals surface area contributed by atoms with Gasteiger partial charge < -0.3 is 14.4 Å². The van der Waals surface area contributed by atoms with E-state index >= 15 is 0 Å². The van der Waals surface area contributed by atoms with Crippen molar-refractivity contribution in [3.63, 3.8) is 0 Å². The van der Waals surface area contributed by atoms with Gasteiger partial charge in [0, 0.05) is 37.8 Å². The van der Waals surface area contributed by atoms with Gasteiger partial charge in [-0.15, -0.1) is 11.3 Å². The molecule has 2 heterocycles. The zero-order valence-corrected chi connectivity index (χ0v) is 18.3. The molecule has 2 aliphatic rings. The normalized spacial score (nSPS) is 18.2. The van der Waals surface area contributed by atoms with Crippen molar-refractivity contribution in [2.75, 3.05) is 40.4 Å². The molecule has 7 heteroatoms. The van der Waals surface area contributed by atoms with Crippen molar-refractivity contribution in [3.05, 3.63) is 28.8 Å². The molecular weight excluding hydrogens is 386 g/mol. The second-order valence-electron chi connectivity index (χ2n) is 7.77. The van der Waals surface area contributed by atoms with E-state index in [2.05, 4.69) is 9.88 Å². The number of aryl methyl sites for hydroxylation is 1. The van der Waals surface area contributed by atoms with Gasteiger partial charge in [0.05, 0.1) is 19.9 Å². The Morgan fingerprint density at radius 3 is 2.41 bits per heavy atom. The summed E-state index contributed by atoms with van der Waals surface area (Å²) in [6, 6.07) is 6.46. The summed E-state index contributed by atoms with van der Waals surface area (Å²) in [6.45, 7) is 5.49. The molecule has 0 spiro atoms. The van der Waals surface area contributed by atoms with Gasteiger partial charge >= 0.3 is 0 Å². The first kappa shape index (κ1) is 20.2. The van der Waals surface area contributed by atoms with Gasteiger partial charge in [-0.25, -0.2) is 4.98 Å². The van der Waals surface area contributed by atoms with E-state index in [4.69, 9.17) is 9.47 Å². The summed E-state index contributed by atoms with van der Waals surface area (Å²) in [5.41, 5.74) is 1.73. The van der Waals surface area contributed by atoms with Crippen LogP contribution in [0, 0.1) is 6.92 Å². The lowest BCUT2D eigenvalue weighted by atomic mass is 10.1. The summed E-state index contributed by atoms with van der Waals surface area (Å²) in [5, 5.41) is 0.830. The summed E-state index contributed by atoms with van der Waals surface area (Å²) < 4.78 is 10.7. The molecule has 0 N–H and O–H groups in total. The molecule has 0 radical (unpaired) electrons. The van der Waals surface area contributed by atoms with E-state index in [1.54, 1.807) is 14.2 Å². The minimum atomic E-state index is 0.109. The predicted octanol–water partition coefficient (Wildman–Crippen LogP) is 3.84. The maximum atomic E-state index is 13.1. The lowest BCUT2D eigenvalue weighted by molar-refractivity contribution is 0.0577. The van der Waals surface area contributed by atoms with Crippen LogP contribution >= 0.6 is 11.3 Å². The Morgan fingerprint density at radius 1 is 1.07 bits per heavy atom. The summed E-state index contributed by atoms with van der Waals surface area (Å²) in [7, 11) is 3.24. The standard InChI is InChI=1S/C22H29N3O3S/c1-15-20(22(26)25-12-10-24(11-13-25)17-6-4-5-7-17)29-21(23-15)16-8-9-18(27-2)19(14-16)28-3/h8-9,14,17H,4-7,10-13H2,1-3H3. The fourth-order valence-corrected chi connectivity index (χ4v) is 5.42. The number of methoxy groups -OCH3 is 2. The number of amides is 1. The van der Waals surface area contributed by atoms with Crippen molar-refractivity contribution in [1.29, 1.82) is 0 Å². The van der Waals surface area contributed by atoms with Crippen molar-refractivity contribution >= 4 is 17.2 Å². The summed E-state index contributed by atoms with van der Waals surface area (Å²) in [4.78, 5) is 23.1. The van der Waals surface area contributed by atoms with Crippen molar-refractivity contribution in [2.45, 2.75) is 38.6 Å². The Morgan fingerprint density at radius 2 is 1.76 bits per heavy atom. The fraction of sp³-hybridized carbons (Fsp3) is 0.545. The van der Waals surface area contributed by atoms with Gasteiger partial charge in [0.2, 0.25) is 0 Å². The molecule has 4 rings (SSSR count). The van der Waals surface area contributed by atoms with Crippen LogP contribution in [-0.2, 0) is 0 Å². The monoisotopic (exact) mass is 415 g/mol. The first-order valence-corrected chi connectivity index (χ1v) is 11.2. The zero-order chi connectivity index (χ0) is 20.4. The predicted molar refractivity (Wildman–Crippen MR) is 115 cm³/mol. The second-order valence-corrected chi connectivity index (χ2v) is 8.77. The highest BCUT2D eigenvalue weighted by Crippen LogP contribution is 2.35. The molecule has 2 fully saturated rings. The minimum absolute atomic E-state index is 0.109. The van der Waals surface area contributed by atoms with Crippen LogP contribution in [-0.4, -0.2) is 67.1 Å². The lowest BCUT2D eigenvalue weighted by Crippen LogP contribution is -2.51. The van der Waals surface area contributed by atoms with Gasteiger partial charge in [0.25, 0.3) is 5.91 Å². The summed E-state index contributed by atoms with van der Waals surface area (Å²) in [5.74, 6) is 1.45. The molecule has 1 aliphatic heterocycles. The van der Waals surface area contributed by atoms with Gasteiger partial charge in [-0.3, -0.25) is 9.69 Å². The van der Waals surface area contributed by atoms with Gasteiger partial charge in [0.1, 0.15) is 9.88 Å². The topological polar surface area (TPSA) is 54.9 Å². The molecular formula is C22H29N3O3S. The third-order valence-electron chi connectivity index (χ3n) is 6.06. The largest absolute Gasteiger partial charge is 0.493 e. The summed E-state index contributed by atoms with van der Waals surface area (Å²) in [6.07, 6.45) is 5.33. The van der Waals surface area contributed by atoms with Crippen LogP contribution in [0.4, 0.5) is 0 Å². The third-order valence-corrected chi connectivity index (χ3v) is 7.26. The lowest BCUT2D eigenvalue weighted by Gasteiger charge is -2.37. The van der Waals surface area contributed by atoms with Crippen molar-refractivity contribution in [3.8, 4) is 22.1 Å². The molecule has 1 saturated heterocycles. The second kappa shape index (κ2) is 8.71. The molecule has 29 heavy (non-hydrogen) atoms. The van der Waals surface area contributed by atoms with Crippen molar-refractivity contribution in [2.24, 2.45) is 0 Å². The van der Waals surface area contributed by atoms with Crippen LogP contribution in [0.25, 0.3) is 10.6 Å². The zero-order valence-electron chi connectivity index (χ0n) is 17.4. The number of nitrogens with zero attached hydrogens (tertiary/aromatic N) is 3. The highest BCUT2D eigenvalue weighted by molar-refractivity contribution is 7.17. The number of hydrogen-bond donors (Lipinski definition) is 0. The quantitative estimate of drug-likeness (QED) is 0.743. The molecule has 1 saturated carbocycles. The van der Waals surface area contributed by atoms with Crippen LogP contribution in [0.5, 0.6) is 11.5 Å². The number of thiazole rings is 1. The Labute approximate surface area is 176 Å². The molecule has 0 atom stereocenters. The van der Waals surface area contributed by atoms with E-state index in [-0.39, 0.29) is 5.91 Å². The van der Waals surface area contributed by atoms with E-state index in [0.717, 1.165) is 53.4 Å². The Kier molecular flexibility index (Phi) is 6.06. The average Bonchev–Trinajstić information content (AvgIpc) is 3.43. The number of ether oxygens (including phenoxy) is 2. The number of hydrogen-bond acceptors (Lipinski definition) is 6. The number of aromatic nitrogens is 1. The van der Waals surface area contributed by atoms with E-state index in [1.165, 1.54) is 37.0 Å². The number of carbonyl (C=O) groups excluding carboxylic acids is 1. The van der Waals surface area contributed by atoms with Gasteiger partial charge in [0.15, 0.2) is 11.5 Å². The van der Waals surface area contributed by atoms with Crippen LogP contribution < -0.4 is 9.47 Å². The smallest absolute Gasteiger partial charge is 0.265 e. The number of benzene rings is 1.